The van der Waals surface area contributed by atoms with Gasteiger partial charge in [0, 0.05) is 21.1 Å². The van der Waals surface area contributed by atoms with Crippen LogP contribution in [0.4, 0.5) is 5.69 Å². The molecule has 1 aliphatic carbocycles. The van der Waals surface area contributed by atoms with Crippen LogP contribution >= 0.6 is 34.8 Å². The van der Waals surface area contributed by atoms with Crippen LogP contribution in [0, 0.1) is 0 Å². The number of carbonyl (C=O) groups excluding carboxylic acids is 1. The number of aryl methyl sites for hydroxylation is 1. The fourth-order valence-electron chi connectivity index (χ4n) is 3.27. The molecule has 1 N–H and O–H groups in total. The van der Waals surface area contributed by atoms with Crippen LogP contribution in [0.5, 0.6) is 0 Å². The fourth-order valence-corrected chi connectivity index (χ4v) is 3.78. The van der Waals surface area contributed by atoms with Crippen LogP contribution in [0.25, 0.3) is 10.9 Å². The molecular formula is C19H13Cl3N2O. The number of fused-ring (bicyclic) bond motifs is 2. The number of carbonyl (C=O) groups is 1. The lowest BCUT2D eigenvalue weighted by Gasteiger charge is -2.14. The molecule has 1 amide bonds. The molecule has 0 unspecified atom stereocenters. The molecule has 1 heterocycles. The SMILES string of the molecule is O=C(Nc1cc(Cl)ccc1Cl)c1c2c(nc3ccc(Cl)cc13)CCC2. The summed E-state index contributed by atoms with van der Waals surface area (Å²) in [5, 5.41) is 5.15. The Kier molecular flexibility index (Phi) is 4.32. The Morgan fingerprint density at radius 2 is 1.76 bits per heavy atom. The molecule has 3 aromatic rings. The summed E-state index contributed by atoms with van der Waals surface area (Å²) in [5.74, 6) is -0.225. The van der Waals surface area contributed by atoms with Crippen molar-refractivity contribution in [1.82, 2.24) is 4.98 Å². The summed E-state index contributed by atoms with van der Waals surface area (Å²) >= 11 is 18.4. The smallest absolute Gasteiger partial charge is 0.256 e. The van der Waals surface area contributed by atoms with Crippen molar-refractivity contribution in [2.75, 3.05) is 5.32 Å². The third-order valence-electron chi connectivity index (χ3n) is 4.38. The standard InChI is InChI=1S/C19H13Cl3N2O/c20-10-5-7-16-13(8-10)18(12-2-1-3-15(12)23-16)19(25)24-17-9-11(21)4-6-14(17)22/h4-9H,1-3H2,(H,24,25). The molecule has 0 aliphatic heterocycles. The number of nitrogens with zero attached hydrogens (tertiary/aromatic N) is 1. The van der Waals surface area contributed by atoms with Gasteiger partial charge in [0.25, 0.3) is 5.91 Å². The zero-order chi connectivity index (χ0) is 17.6. The van der Waals surface area contributed by atoms with Gasteiger partial charge in [0.15, 0.2) is 0 Å². The average molecular weight is 392 g/mol. The maximum absolute atomic E-state index is 13.1. The molecule has 0 saturated heterocycles. The molecule has 25 heavy (non-hydrogen) atoms. The van der Waals surface area contributed by atoms with Crippen LogP contribution in [0.3, 0.4) is 0 Å². The highest BCUT2D eigenvalue weighted by molar-refractivity contribution is 6.36. The van der Waals surface area contributed by atoms with Crippen molar-refractivity contribution in [1.29, 1.82) is 0 Å². The summed E-state index contributed by atoms with van der Waals surface area (Å²) in [6.07, 6.45) is 2.70. The molecule has 2 aromatic carbocycles. The molecule has 0 fully saturated rings. The van der Waals surface area contributed by atoms with Gasteiger partial charge in [0.2, 0.25) is 0 Å². The lowest BCUT2D eigenvalue weighted by atomic mass is 10.0. The number of anilines is 1. The topological polar surface area (TPSA) is 42.0 Å². The van der Waals surface area contributed by atoms with Crippen molar-refractivity contribution in [3.8, 4) is 0 Å². The third-order valence-corrected chi connectivity index (χ3v) is 5.18. The summed E-state index contributed by atoms with van der Waals surface area (Å²) in [7, 11) is 0. The third kappa shape index (κ3) is 3.08. The van der Waals surface area contributed by atoms with E-state index in [9.17, 15) is 4.79 Å². The molecule has 0 radical (unpaired) electrons. The summed E-state index contributed by atoms with van der Waals surface area (Å²) in [5.41, 5.74) is 3.85. The van der Waals surface area contributed by atoms with Crippen LogP contribution in [-0.4, -0.2) is 10.9 Å². The molecule has 0 spiro atoms. The Morgan fingerprint density at radius 3 is 2.60 bits per heavy atom. The minimum absolute atomic E-state index is 0.225. The van der Waals surface area contributed by atoms with Crippen molar-refractivity contribution in [3.05, 3.63) is 68.3 Å². The molecule has 126 valence electrons. The highest BCUT2D eigenvalue weighted by atomic mass is 35.5. The van der Waals surface area contributed by atoms with Gasteiger partial charge >= 0.3 is 0 Å². The number of rotatable bonds is 2. The van der Waals surface area contributed by atoms with Crippen molar-refractivity contribution >= 4 is 57.3 Å². The van der Waals surface area contributed by atoms with E-state index in [0.717, 1.165) is 41.4 Å². The van der Waals surface area contributed by atoms with Gasteiger partial charge in [-0.15, -0.1) is 0 Å². The second-order valence-electron chi connectivity index (χ2n) is 6.01. The van der Waals surface area contributed by atoms with E-state index >= 15 is 0 Å². The fraction of sp³-hybridized carbons (Fsp3) is 0.158. The van der Waals surface area contributed by atoms with E-state index in [1.54, 1.807) is 30.3 Å². The molecule has 1 aromatic heterocycles. The summed E-state index contributed by atoms with van der Waals surface area (Å²) in [6, 6.07) is 10.4. The van der Waals surface area contributed by atoms with E-state index in [1.807, 2.05) is 6.07 Å². The molecule has 0 bridgehead atoms. The number of benzene rings is 2. The summed E-state index contributed by atoms with van der Waals surface area (Å²) < 4.78 is 0. The molecule has 0 atom stereocenters. The van der Waals surface area contributed by atoms with Crippen LogP contribution in [0.2, 0.25) is 15.1 Å². The normalized spacial score (nSPS) is 13.1. The largest absolute Gasteiger partial charge is 0.321 e. The minimum Gasteiger partial charge on any atom is -0.321 e. The van der Waals surface area contributed by atoms with Crippen LogP contribution in [0.15, 0.2) is 36.4 Å². The maximum atomic E-state index is 13.1. The van der Waals surface area contributed by atoms with Crippen molar-refractivity contribution in [2.24, 2.45) is 0 Å². The Bertz CT molecular complexity index is 1020. The van der Waals surface area contributed by atoms with E-state index in [4.69, 9.17) is 39.8 Å². The van der Waals surface area contributed by atoms with Crippen molar-refractivity contribution in [3.63, 3.8) is 0 Å². The number of amides is 1. The van der Waals surface area contributed by atoms with E-state index in [0.29, 0.717) is 26.3 Å². The van der Waals surface area contributed by atoms with E-state index < -0.39 is 0 Å². The monoisotopic (exact) mass is 390 g/mol. The van der Waals surface area contributed by atoms with Gasteiger partial charge in [-0.05, 0) is 61.2 Å². The lowest BCUT2D eigenvalue weighted by molar-refractivity contribution is 0.102. The first-order valence-corrected chi connectivity index (χ1v) is 9.04. The Morgan fingerprint density at radius 1 is 1.00 bits per heavy atom. The first-order valence-electron chi connectivity index (χ1n) is 7.90. The first kappa shape index (κ1) is 16.6. The molecule has 6 heteroatoms. The predicted molar refractivity (Wildman–Crippen MR) is 103 cm³/mol. The lowest BCUT2D eigenvalue weighted by Crippen LogP contribution is -2.16. The van der Waals surface area contributed by atoms with Gasteiger partial charge in [-0.2, -0.15) is 0 Å². The first-order chi connectivity index (χ1) is 12.0. The van der Waals surface area contributed by atoms with Gasteiger partial charge < -0.3 is 5.32 Å². The molecule has 1 aliphatic rings. The number of hydrogen-bond acceptors (Lipinski definition) is 2. The van der Waals surface area contributed by atoms with Crippen molar-refractivity contribution in [2.45, 2.75) is 19.3 Å². The van der Waals surface area contributed by atoms with Gasteiger partial charge in [-0.3, -0.25) is 9.78 Å². The number of halogens is 3. The Hall–Kier alpha value is -1.81. The van der Waals surface area contributed by atoms with Gasteiger partial charge in [-0.1, -0.05) is 34.8 Å². The summed E-state index contributed by atoms with van der Waals surface area (Å²) in [4.78, 5) is 17.8. The average Bonchev–Trinajstić information content (AvgIpc) is 3.03. The van der Waals surface area contributed by atoms with Gasteiger partial charge in [0.05, 0.1) is 21.8 Å². The number of hydrogen-bond donors (Lipinski definition) is 1. The zero-order valence-corrected chi connectivity index (χ0v) is 15.3. The van der Waals surface area contributed by atoms with Gasteiger partial charge in [-0.25, -0.2) is 0 Å². The quantitative estimate of drug-likeness (QED) is 0.587. The second kappa shape index (κ2) is 6.49. The number of pyridine rings is 1. The molecule has 4 rings (SSSR count). The van der Waals surface area contributed by atoms with Crippen LogP contribution < -0.4 is 5.32 Å². The highest BCUT2D eigenvalue weighted by Crippen LogP contribution is 2.33. The molecule has 0 saturated carbocycles. The van der Waals surface area contributed by atoms with Gasteiger partial charge in [0.1, 0.15) is 0 Å². The Labute approximate surface area is 159 Å². The number of nitrogens with one attached hydrogen (secondary N) is 1. The van der Waals surface area contributed by atoms with Crippen LogP contribution in [0.1, 0.15) is 28.0 Å². The molecular weight excluding hydrogens is 379 g/mol. The van der Waals surface area contributed by atoms with E-state index in [1.165, 1.54) is 0 Å². The number of aromatic nitrogens is 1. The zero-order valence-electron chi connectivity index (χ0n) is 13.1. The summed E-state index contributed by atoms with van der Waals surface area (Å²) in [6.45, 7) is 0. The Balaban J connectivity index is 1.86. The second-order valence-corrected chi connectivity index (χ2v) is 7.29. The van der Waals surface area contributed by atoms with Crippen LogP contribution in [-0.2, 0) is 12.8 Å². The van der Waals surface area contributed by atoms with E-state index in [-0.39, 0.29) is 5.91 Å². The minimum atomic E-state index is -0.225. The van der Waals surface area contributed by atoms with E-state index in [2.05, 4.69) is 5.32 Å². The molecule has 3 nitrogen and oxygen atoms in total. The highest BCUT2D eigenvalue weighted by Gasteiger charge is 2.24. The maximum Gasteiger partial charge on any atom is 0.256 e. The predicted octanol–water partition coefficient (Wildman–Crippen LogP) is 5.94. The van der Waals surface area contributed by atoms with Crippen molar-refractivity contribution < 1.29 is 4.79 Å².